The molecule has 9 nitrogen and oxygen atoms in total. The summed E-state index contributed by atoms with van der Waals surface area (Å²) in [4.78, 5) is 29.3. The first kappa shape index (κ1) is 21.6. The fraction of sp³-hybridized carbons (Fsp3) is 0.200. The Morgan fingerprint density at radius 3 is 2.44 bits per heavy atom. The van der Waals surface area contributed by atoms with E-state index in [-0.39, 0.29) is 5.56 Å². The Balaban J connectivity index is 1.23. The van der Waals surface area contributed by atoms with Crippen LogP contribution in [0.4, 0.5) is 17.3 Å². The molecule has 5 aromatic rings. The predicted octanol–water partition coefficient (Wildman–Crippen LogP) is 3.89. The first-order chi connectivity index (χ1) is 17.5. The third kappa shape index (κ3) is 3.27. The third-order valence-electron chi connectivity index (χ3n) is 6.95. The Bertz CT molecular complexity index is 1680. The van der Waals surface area contributed by atoms with Crippen molar-refractivity contribution < 1.29 is 0 Å². The van der Waals surface area contributed by atoms with Gasteiger partial charge in [-0.25, -0.2) is 14.5 Å². The molecule has 2 aliphatic heterocycles. The van der Waals surface area contributed by atoms with Gasteiger partial charge >= 0.3 is 0 Å². The minimum Gasteiger partial charge on any atom is -0.370 e. The number of rotatable bonds is 4. The van der Waals surface area contributed by atoms with E-state index in [1.165, 1.54) is 16.5 Å². The normalized spacial score (nSPS) is 16.3. The van der Waals surface area contributed by atoms with E-state index in [0.29, 0.717) is 43.9 Å². The van der Waals surface area contributed by atoms with Crippen LogP contribution < -0.4 is 21.1 Å². The number of benzene rings is 2. The highest BCUT2D eigenvalue weighted by Crippen LogP contribution is 2.37. The molecule has 2 fully saturated rings. The molecule has 0 atom stereocenters. The molecule has 36 heavy (non-hydrogen) atoms. The van der Waals surface area contributed by atoms with E-state index in [9.17, 15) is 4.79 Å². The molecule has 0 aliphatic carbocycles. The number of para-hydroxylation sites is 1. The van der Waals surface area contributed by atoms with Gasteiger partial charge in [-0.05, 0) is 36.4 Å². The minimum atomic E-state index is -0.358. The van der Waals surface area contributed by atoms with Crippen molar-refractivity contribution in [3.05, 3.63) is 81.5 Å². The van der Waals surface area contributed by atoms with Crippen LogP contribution in [0, 0.1) is 5.41 Å². The maximum atomic E-state index is 13.5. The second-order valence-electron chi connectivity index (χ2n) is 9.37. The summed E-state index contributed by atoms with van der Waals surface area (Å²) in [6.45, 7) is 4.42. The van der Waals surface area contributed by atoms with Gasteiger partial charge in [-0.1, -0.05) is 29.3 Å². The number of fused-ring (bicyclic) bond motifs is 3. The van der Waals surface area contributed by atoms with Crippen LogP contribution in [0.5, 0.6) is 0 Å². The Morgan fingerprint density at radius 1 is 1.00 bits per heavy atom. The van der Waals surface area contributed by atoms with Gasteiger partial charge in [-0.3, -0.25) is 9.20 Å². The maximum absolute atomic E-state index is 13.5. The van der Waals surface area contributed by atoms with E-state index in [0.717, 1.165) is 31.9 Å². The highest BCUT2D eigenvalue weighted by atomic mass is 35.5. The molecule has 0 amide bonds. The fourth-order valence-corrected chi connectivity index (χ4v) is 5.61. The van der Waals surface area contributed by atoms with Gasteiger partial charge in [0.2, 0.25) is 11.7 Å². The third-order valence-corrected chi connectivity index (χ3v) is 7.56. The molecule has 5 heterocycles. The van der Waals surface area contributed by atoms with Crippen LogP contribution in [0.15, 0.2) is 65.8 Å². The molecule has 2 aromatic carbocycles. The van der Waals surface area contributed by atoms with E-state index >= 15 is 0 Å². The van der Waals surface area contributed by atoms with Gasteiger partial charge in [0.15, 0.2) is 5.65 Å². The molecule has 0 unspecified atom stereocenters. The van der Waals surface area contributed by atoms with Crippen LogP contribution in [-0.2, 0) is 0 Å². The van der Waals surface area contributed by atoms with Gasteiger partial charge in [0, 0.05) is 61.6 Å². The van der Waals surface area contributed by atoms with Gasteiger partial charge in [0.25, 0.3) is 5.56 Å². The first-order valence-electron chi connectivity index (χ1n) is 11.5. The smallest absolute Gasteiger partial charge is 0.270 e. The Hall–Kier alpha value is -3.66. The van der Waals surface area contributed by atoms with Crippen molar-refractivity contribution in [1.29, 1.82) is 0 Å². The molecular formula is C25H20Cl2N8O. The van der Waals surface area contributed by atoms with Crippen molar-refractivity contribution in [3.8, 4) is 5.69 Å². The summed E-state index contributed by atoms with van der Waals surface area (Å²) in [7, 11) is 0. The monoisotopic (exact) mass is 518 g/mol. The average Bonchev–Trinajstić information content (AvgIpc) is 3.30. The standard InChI is InChI=1S/C25H20Cl2N8O/c26-18-2-1-3-19(27)20(18)35-22(36)17-10-30-23(32-21(17)34-9-8-29-24(34)35)31-15-4-6-16(7-5-15)33-13-25(14-33)11-28-12-25/h1-10,28H,11-14H2,(H,30,31,32). The lowest BCUT2D eigenvalue weighted by Crippen LogP contribution is -2.71. The number of imidazole rings is 1. The number of hydrogen-bond acceptors (Lipinski definition) is 7. The summed E-state index contributed by atoms with van der Waals surface area (Å²) in [5, 5.41) is 7.61. The van der Waals surface area contributed by atoms with Crippen molar-refractivity contribution in [1.82, 2.24) is 29.2 Å². The molecule has 11 heteroatoms. The zero-order valence-corrected chi connectivity index (χ0v) is 20.5. The molecule has 2 N–H and O–H groups in total. The SMILES string of the molecule is O=c1c2cnc(Nc3ccc(N4CC5(CNC5)C4)cc3)nc2n2ccnc2n1-c1c(Cl)cccc1Cl. The minimum absolute atomic E-state index is 0.314. The van der Waals surface area contributed by atoms with E-state index < -0.39 is 0 Å². The van der Waals surface area contributed by atoms with E-state index in [2.05, 4.69) is 42.6 Å². The number of halogens is 2. The van der Waals surface area contributed by atoms with Gasteiger partial charge in [-0.2, -0.15) is 4.98 Å². The number of anilines is 3. The van der Waals surface area contributed by atoms with Crippen LogP contribution in [0.25, 0.3) is 22.5 Å². The second kappa shape index (κ2) is 7.92. The molecule has 3 aromatic heterocycles. The number of aromatic nitrogens is 5. The Kier molecular flexibility index (Phi) is 4.76. The molecule has 1 spiro atoms. The number of hydrogen-bond donors (Lipinski definition) is 2. The molecule has 7 rings (SSSR count). The van der Waals surface area contributed by atoms with E-state index in [4.69, 9.17) is 23.2 Å². The van der Waals surface area contributed by atoms with Gasteiger partial charge < -0.3 is 15.5 Å². The summed E-state index contributed by atoms with van der Waals surface area (Å²) in [6.07, 6.45) is 4.85. The quantitative estimate of drug-likeness (QED) is 0.372. The summed E-state index contributed by atoms with van der Waals surface area (Å²) < 4.78 is 3.11. The van der Waals surface area contributed by atoms with Crippen molar-refractivity contribution in [2.75, 3.05) is 36.4 Å². The van der Waals surface area contributed by atoms with Gasteiger partial charge in [0.05, 0.1) is 15.7 Å². The Labute approximate surface area is 215 Å². The lowest BCUT2D eigenvalue weighted by molar-refractivity contribution is 0.121. The van der Waals surface area contributed by atoms with Gasteiger partial charge in [-0.15, -0.1) is 0 Å². The van der Waals surface area contributed by atoms with Crippen LogP contribution in [0.1, 0.15) is 0 Å². The number of nitrogens with zero attached hydrogens (tertiary/aromatic N) is 6. The second-order valence-corrected chi connectivity index (χ2v) is 10.2. The van der Waals surface area contributed by atoms with E-state index in [1.54, 1.807) is 35.0 Å². The molecule has 0 bridgehead atoms. The maximum Gasteiger partial charge on any atom is 0.270 e. The molecular weight excluding hydrogens is 499 g/mol. The largest absolute Gasteiger partial charge is 0.370 e. The van der Waals surface area contributed by atoms with Crippen LogP contribution in [0.3, 0.4) is 0 Å². The summed E-state index contributed by atoms with van der Waals surface area (Å²) >= 11 is 12.8. The van der Waals surface area contributed by atoms with Crippen molar-refractivity contribution in [2.45, 2.75) is 0 Å². The van der Waals surface area contributed by atoms with Crippen molar-refractivity contribution in [2.24, 2.45) is 5.41 Å². The van der Waals surface area contributed by atoms with E-state index in [1.807, 2.05) is 12.1 Å². The predicted molar refractivity (Wildman–Crippen MR) is 141 cm³/mol. The fourth-order valence-electron chi connectivity index (χ4n) is 5.04. The van der Waals surface area contributed by atoms with Crippen molar-refractivity contribution >= 4 is 57.3 Å². The summed E-state index contributed by atoms with van der Waals surface area (Å²) in [6, 6.07) is 13.3. The zero-order chi connectivity index (χ0) is 24.4. The molecule has 2 aliphatic rings. The molecule has 2 saturated heterocycles. The van der Waals surface area contributed by atoms with Crippen LogP contribution >= 0.6 is 23.2 Å². The molecule has 0 saturated carbocycles. The topological polar surface area (TPSA) is 92.4 Å². The van der Waals surface area contributed by atoms with Crippen LogP contribution in [-0.4, -0.2) is 50.1 Å². The summed E-state index contributed by atoms with van der Waals surface area (Å²) in [5.41, 5.74) is 2.98. The molecule has 0 radical (unpaired) electrons. The van der Waals surface area contributed by atoms with Crippen molar-refractivity contribution in [3.63, 3.8) is 0 Å². The van der Waals surface area contributed by atoms with Crippen LogP contribution in [0.2, 0.25) is 10.0 Å². The highest BCUT2D eigenvalue weighted by Gasteiger charge is 2.47. The Morgan fingerprint density at radius 2 is 1.75 bits per heavy atom. The molecule has 180 valence electrons. The lowest BCUT2D eigenvalue weighted by Gasteiger charge is -2.57. The van der Waals surface area contributed by atoms with Gasteiger partial charge in [0.1, 0.15) is 5.39 Å². The first-order valence-corrected chi connectivity index (χ1v) is 12.3. The zero-order valence-electron chi connectivity index (χ0n) is 18.9. The lowest BCUT2D eigenvalue weighted by atomic mass is 9.74. The average molecular weight is 519 g/mol. The highest BCUT2D eigenvalue weighted by molar-refractivity contribution is 6.37. The number of nitrogens with one attached hydrogen (secondary N) is 2. The summed E-state index contributed by atoms with van der Waals surface area (Å²) in [5.74, 6) is 0.729.